The first-order valence-corrected chi connectivity index (χ1v) is 3.30. The molecule has 0 aliphatic carbocycles. The summed E-state index contributed by atoms with van der Waals surface area (Å²) in [6, 6.07) is 1.67. The molecule has 2 nitrogen and oxygen atoms in total. The average Bonchev–Trinajstić information content (AvgIpc) is 2.30. The van der Waals surface area contributed by atoms with Gasteiger partial charge in [0.2, 0.25) is 0 Å². The predicted octanol–water partition coefficient (Wildman–Crippen LogP) is 1.86. The number of aromatic nitrogens is 1. The molecular formula is C8H11NO. The molecule has 54 valence electrons. The highest BCUT2D eigenvalue weighted by atomic mass is 16.3. The van der Waals surface area contributed by atoms with E-state index in [1.54, 1.807) is 18.5 Å². The molecule has 0 saturated heterocycles. The fourth-order valence-electron chi connectivity index (χ4n) is 1.00. The zero-order valence-corrected chi connectivity index (χ0v) is 6.04. The highest BCUT2D eigenvalue weighted by Gasteiger charge is 2.01. The molecule has 0 atom stereocenters. The van der Waals surface area contributed by atoms with E-state index < -0.39 is 0 Å². The zero-order chi connectivity index (χ0) is 7.56. The van der Waals surface area contributed by atoms with Gasteiger partial charge in [-0.1, -0.05) is 13.5 Å². The smallest absolute Gasteiger partial charge is 0.136 e. The minimum absolute atomic E-state index is 0.349. The van der Waals surface area contributed by atoms with Crippen molar-refractivity contribution in [1.82, 2.24) is 4.57 Å². The lowest BCUT2D eigenvalue weighted by Crippen LogP contribution is -1.89. The number of aromatic hydroxyl groups is 1. The molecule has 0 aliphatic heterocycles. The highest BCUT2D eigenvalue weighted by Crippen LogP contribution is 2.18. The largest absolute Gasteiger partial charge is 0.506 e. The maximum atomic E-state index is 9.19. The Morgan fingerprint density at radius 2 is 2.50 bits per heavy atom. The van der Waals surface area contributed by atoms with Crippen LogP contribution in [0, 0.1) is 0 Å². The Morgan fingerprint density at radius 3 is 2.90 bits per heavy atom. The molecule has 1 aromatic heterocycles. The van der Waals surface area contributed by atoms with Crippen molar-refractivity contribution in [3.05, 3.63) is 24.5 Å². The van der Waals surface area contributed by atoms with E-state index in [0.29, 0.717) is 5.75 Å². The van der Waals surface area contributed by atoms with Crippen LogP contribution in [0.3, 0.4) is 0 Å². The normalized spacial score (nSPS) is 9.70. The maximum Gasteiger partial charge on any atom is 0.136 e. The quantitative estimate of drug-likeness (QED) is 0.661. The molecule has 0 aliphatic rings. The van der Waals surface area contributed by atoms with Crippen molar-refractivity contribution in [2.24, 2.45) is 0 Å². The monoisotopic (exact) mass is 137 g/mol. The lowest BCUT2D eigenvalue weighted by molar-refractivity contribution is 0.468. The van der Waals surface area contributed by atoms with Crippen LogP contribution in [0.25, 0.3) is 6.20 Å². The summed E-state index contributed by atoms with van der Waals surface area (Å²) in [5.41, 5.74) is 0.912. The standard InChI is InChI=1S/C8H11NO/c1-3-7-8(10)5-6-9(7)4-2/h4-6,10H,2-3H2,1H3. The topological polar surface area (TPSA) is 25.2 Å². The van der Waals surface area contributed by atoms with Gasteiger partial charge >= 0.3 is 0 Å². The van der Waals surface area contributed by atoms with E-state index in [1.165, 1.54) is 0 Å². The van der Waals surface area contributed by atoms with Gasteiger partial charge in [0.05, 0.1) is 5.69 Å². The van der Waals surface area contributed by atoms with Crippen LogP contribution in [0.2, 0.25) is 0 Å². The number of hydrogen-bond acceptors (Lipinski definition) is 1. The van der Waals surface area contributed by atoms with Crippen molar-refractivity contribution < 1.29 is 5.11 Å². The van der Waals surface area contributed by atoms with Gasteiger partial charge in [0.1, 0.15) is 5.75 Å². The van der Waals surface area contributed by atoms with Crippen molar-refractivity contribution in [3.8, 4) is 5.75 Å². The Morgan fingerprint density at radius 1 is 1.80 bits per heavy atom. The summed E-state index contributed by atoms with van der Waals surface area (Å²) in [5, 5.41) is 9.19. The molecule has 10 heavy (non-hydrogen) atoms. The first-order valence-electron chi connectivity index (χ1n) is 3.30. The van der Waals surface area contributed by atoms with Gasteiger partial charge in [-0.15, -0.1) is 0 Å². The summed E-state index contributed by atoms with van der Waals surface area (Å²) < 4.78 is 1.81. The van der Waals surface area contributed by atoms with Gasteiger partial charge in [0, 0.05) is 12.4 Å². The highest BCUT2D eigenvalue weighted by molar-refractivity contribution is 5.35. The number of rotatable bonds is 2. The molecule has 0 unspecified atom stereocenters. The minimum atomic E-state index is 0.349. The average molecular weight is 137 g/mol. The molecule has 1 rings (SSSR count). The summed E-state index contributed by atoms with van der Waals surface area (Å²) >= 11 is 0. The number of nitrogens with zero attached hydrogens (tertiary/aromatic N) is 1. The molecule has 0 bridgehead atoms. The number of hydrogen-bond donors (Lipinski definition) is 1. The lowest BCUT2D eigenvalue weighted by Gasteiger charge is -1.98. The van der Waals surface area contributed by atoms with Crippen molar-refractivity contribution in [2.45, 2.75) is 13.3 Å². The van der Waals surface area contributed by atoms with Crippen molar-refractivity contribution in [2.75, 3.05) is 0 Å². The summed E-state index contributed by atoms with van der Waals surface area (Å²) in [6.07, 6.45) is 4.30. The molecule has 0 radical (unpaired) electrons. The Kier molecular flexibility index (Phi) is 1.81. The molecule has 0 amide bonds. The van der Waals surface area contributed by atoms with Gasteiger partial charge in [0.15, 0.2) is 0 Å². The van der Waals surface area contributed by atoms with Crippen LogP contribution in [0.5, 0.6) is 5.75 Å². The predicted molar refractivity (Wildman–Crippen MR) is 41.9 cm³/mol. The molecule has 0 aromatic carbocycles. The fraction of sp³-hybridized carbons (Fsp3) is 0.250. The second-order valence-corrected chi connectivity index (χ2v) is 2.09. The van der Waals surface area contributed by atoms with Crippen LogP contribution in [-0.4, -0.2) is 9.67 Å². The zero-order valence-electron chi connectivity index (χ0n) is 6.04. The Bertz CT molecular complexity index is 237. The van der Waals surface area contributed by atoms with E-state index in [-0.39, 0.29) is 0 Å². The first-order chi connectivity index (χ1) is 4.79. The second kappa shape index (κ2) is 2.60. The van der Waals surface area contributed by atoms with Gasteiger partial charge in [-0.2, -0.15) is 0 Å². The molecule has 0 spiro atoms. The molecular weight excluding hydrogens is 126 g/mol. The van der Waals surface area contributed by atoms with E-state index in [9.17, 15) is 5.11 Å². The molecule has 2 heteroatoms. The lowest BCUT2D eigenvalue weighted by atomic mass is 10.3. The second-order valence-electron chi connectivity index (χ2n) is 2.09. The maximum absolute atomic E-state index is 9.19. The van der Waals surface area contributed by atoms with Crippen molar-refractivity contribution in [3.63, 3.8) is 0 Å². The van der Waals surface area contributed by atoms with Crippen LogP contribution in [0.4, 0.5) is 0 Å². The van der Waals surface area contributed by atoms with Crippen LogP contribution in [0.15, 0.2) is 18.8 Å². The Balaban J connectivity index is 3.12. The van der Waals surface area contributed by atoms with Gasteiger partial charge in [0.25, 0.3) is 0 Å². The first kappa shape index (κ1) is 6.93. The fourth-order valence-corrected chi connectivity index (χ4v) is 1.00. The van der Waals surface area contributed by atoms with Gasteiger partial charge in [-0.25, -0.2) is 0 Å². The van der Waals surface area contributed by atoms with Gasteiger partial charge in [-0.3, -0.25) is 0 Å². The van der Waals surface area contributed by atoms with E-state index in [1.807, 2.05) is 11.5 Å². The molecule has 0 saturated carbocycles. The molecule has 1 N–H and O–H groups in total. The summed E-state index contributed by atoms with van der Waals surface area (Å²) in [5.74, 6) is 0.349. The van der Waals surface area contributed by atoms with Crippen LogP contribution in [0.1, 0.15) is 12.6 Å². The third-order valence-electron chi connectivity index (χ3n) is 1.53. The third kappa shape index (κ3) is 0.923. The third-order valence-corrected chi connectivity index (χ3v) is 1.53. The summed E-state index contributed by atoms with van der Waals surface area (Å²) in [6.45, 7) is 5.60. The minimum Gasteiger partial charge on any atom is -0.506 e. The summed E-state index contributed by atoms with van der Waals surface area (Å²) in [7, 11) is 0. The van der Waals surface area contributed by atoms with Crippen LogP contribution < -0.4 is 0 Å². The van der Waals surface area contributed by atoms with E-state index in [4.69, 9.17) is 0 Å². The van der Waals surface area contributed by atoms with Gasteiger partial charge in [-0.05, 0) is 12.5 Å². The summed E-state index contributed by atoms with van der Waals surface area (Å²) in [4.78, 5) is 0. The van der Waals surface area contributed by atoms with Gasteiger partial charge < -0.3 is 9.67 Å². The molecule has 1 aromatic rings. The van der Waals surface area contributed by atoms with Crippen LogP contribution >= 0.6 is 0 Å². The van der Waals surface area contributed by atoms with Crippen LogP contribution in [-0.2, 0) is 6.42 Å². The molecule has 1 heterocycles. The Labute approximate surface area is 60.4 Å². The van der Waals surface area contributed by atoms with E-state index in [2.05, 4.69) is 6.58 Å². The Hall–Kier alpha value is -1.18. The van der Waals surface area contributed by atoms with Crippen molar-refractivity contribution >= 4 is 6.20 Å². The SMILES string of the molecule is C=Cn1ccc(O)c1CC. The van der Waals surface area contributed by atoms with Crippen molar-refractivity contribution in [1.29, 1.82) is 0 Å². The molecule has 0 fully saturated rings. The van der Waals surface area contributed by atoms with E-state index in [0.717, 1.165) is 12.1 Å². The van der Waals surface area contributed by atoms with E-state index >= 15 is 0 Å².